The van der Waals surface area contributed by atoms with Crippen LogP contribution in [-0.2, 0) is 13.1 Å². The second-order valence-corrected chi connectivity index (χ2v) is 4.54. The van der Waals surface area contributed by atoms with Crippen LogP contribution in [0.5, 0.6) is 5.75 Å². The molecule has 0 aliphatic heterocycles. The third-order valence-corrected chi connectivity index (χ3v) is 2.89. The molecule has 0 amide bonds. The number of ether oxygens (including phenoxy) is 1. The number of benzene rings is 1. The first kappa shape index (κ1) is 14.5. The van der Waals surface area contributed by atoms with Crippen molar-refractivity contribution in [3.63, 3.8) is 0 Å². The van der Waals surface area contributed by atoms with Crippen molar-refractivity contribution < 1.29 is 9.13 Å². The van der Waals surface area contributed by atoms with E-state index in [2.05, 4.69) is 22.6 Å². The van der Waals surface area contributed by atoms with Gasteiger partial charge in [0, 0.05) is 12.1 Å². The highest BCUT2D eigenvalue weighted by molar-refractivity contribution is 5.34. The van der Waals surface area contributed by atoms with Gasteiger partial charge in [0.05, 0.1) is 25.5 Å². The average Bonchev–Trinajstić information content (AvgIpc) is 2.87. The summed E-state index contributed by atoms with van der Waals surface area (Å²) in [6.45, 7) is 4.18. The molecule has 5 nitrogen and oxygen atoms in total. The summed E-state index contributed by atoms with van der Waals surface area (Å²) in [6, 6.07) is 4.45. The Labute approximate surface area is 117 Å². The molecule has 2 aromatic rings. The molecule has 0 aliphatic carbocycles. The summed E-state index contributed by atoms with van der Waals surface area (Å²) in [5.41, 5.74) is 1.61. The van der Waals surface area contributed by atoms with Crippen molar-refractivity contribution in [2.75, 3.05) is 13.7 Å². The lowest BCUT2D eigenvalue weighted by Crippen LogP contribution is -2.13. The predicted octanol–water partition coefficient (Wildman–Crippen LogP) is 1.97. The van der Waals surface area contributed by atoms with Gasteiger partial charge in [0.2, 0.25) is 0 Å². The molecule has 0 aliphatic rings. The Morgan fingerprint density at radius 1 is 1.40 bits per heavy atom. The zero-order chi connectivity index (χ0) is 14.4. The summed E-state index contributed by atoms with van der Waals surface area (Å²) in [7, 11) is 1.57. The van der Waals surface area contributed by atoms with Gasteiger partial charge in [-0.1, -0.05) is 12.1 Å². The second kappa shape index (κ2) is 7.00. The summed E-state index contributed by atoms with van der Waals surface area (Å²) in [5, 5.41) is 11.4. The summed E-state index contributed by atoms with van der Waals surface area (Å²) in [5.74, 6) is 0.360. The van der Waals surface area contributed by atoms with Crippen LogP contribution in [0.4, 0.5) is 4.39 Å². The molecule has 0 unspecified atom stereocenters. The van der Waals surface area contributed by atoms with Crippen LogP contribution in [0.25, 0.3) is 0 Å². The zero-order valence-electron chi connectivity index (χ0n) is 11.8. The quantitative estimate of drug-likeness (QED) is 0.787. The van der Waals surface area contributed by atoms with E-state index >= 15 is 0 Å². The fourth-order valence-corrected chi connectivity index (χ4v) is 1.94. The molecule has 0 spiro atoms. The van der Waals surface area contributed by atoms with Gasteiger partial charge in [-0.2, -0.15) is 0 Å². The highest BCUT2D eigenvalue weighted by Gasteiger charge is 2.07. The van der Waals surface area contributed by atoms with Crippen LogP contribution in [0, 0.1) is 5.82 Å². The van der Waals surface area contributed by atoms with Gasteiger partial charge in [0.1, 0.15) is 11.6 Å². The van der Waals surface area contributed by atoms with E-state index in [1.165, 1.54) is 12.1 Å². The van der Waals surface area contributed by atoms with E-state index in [0.717, 1.165) is 24.2 Å². The molecule has 1 heterocycles. The Balaban J connectivity index is 2.04. The lowest BCUT2D eigenvalue weighted by atomic mass is 10.2. The standard InChI is InChI=1S/C14H19FN4O/c1-3-6-16-8-13-10-19(18-17-13)9-11-7-12(15)4-5-14(11)20-2/h4-5,7,10,16H,3,6,8-9H2,1-2H3. The van der Waals surface area contributed by atoms with Gasteiger partial charge in [-0.25, -0.2) is 9.07 Å². The van der Waals surface area contributed by atoms with Crippen LogP contribution < -0.4 is 10.1 Å². The Hall–Kier alpha value is -1.95. The van der Waals surface area contributed by atoms with Gasteiger partial charge >= 0.3 is 0 Å². The lowest BCUT2D eigenvalue weighted by Gasteiger charge is -2.08. The first-order valence-electron chi connectivity index (χ1n) is 6.65. The van der Waals surface area contributed by atoms with Crippen molar-refractivity contribution >= 4 is 0 Å². The number of hydrogen-bond acceptors (Lipinski definition) is 4. The minimum Gasteiger partial charge on any atom is -0.496 e. The highest BCUT2D eigenvalue weighted by atomic mass is 19.1. The van der Waals surface area contributed by atoms with Crippen LogP contribution in [0.2, 0.25) is 0 Å². The van der Waals surface area contributed by atoms with E-state index < -0.39 is 0 Å². The molecule has 108 valence electrons. The van der Waals surface area contributed by atoms with E-state index in [1.807, 2.05) is 6.20 Å². The van der Waals surface area contributed by atoms with Gasteiger partial charge in [0.25, 0.3) is 0 Å². The van der Waals surface area contributed by atoms with Crippen molar-refractivity contribution in [3.8, 4) is 5.75 Å². The molecule has 0 saturated carbocycles. The third-order valence-electron chi connectivity index (χ3n) is 2.89. The zero-order valence-corrected chi connectivity index (χ0v) is 11.8. The van der Waals surface area contributed by atoms with E-state index in [0.29, 0.717) is 18.8 Å². The third kappa shape index (κ3) is 3.77. The Morgan fingerprint density at radius 3 is 3.00 bits per heavy atom. The predicted molar refractivity (Wildman–Crippen MR) is 74.1 cm³/mol. The van der Waals surface area contributed by atoms with Gasteiger partial charge in [-0.3, -0.25) is 0 Å². The van der Waals surface area contributed by atoms with Crippen molar-refractivity contribution in [3.05, 3.63) is 41.5 Å². The molecular formula is C14H19FN4O. The lowest BCUT2D eigenvalue weighted by molar-refractivity contribution is 0.405. The Kier molecular flexibility index (Phi) is 5.06. The highest BCUT2D eigenvalue weighted by Crippen LogP contribution is 2.20. The normalized spacial score (nSPS) is 10.8. The Morgan fingerprint density at radius 2 is 2.25 bits per heavy atom. The molecule has 1 aromatic carbocycles. The maximum Gasteiger partial charge on any atom is 0.124 e. The van der Waals surface area contributed by atoms with Crippen molar-refractivity contribution in [1.82, 2.24) is 20.3 Å². The minimum absolute atomic E-state index is 0.286. The molecule has 0 atom stereocenters. The number of nitrogens with zero attached hydrogens (tertiary/aromatic N) is 3. The Bertz CT molecular complexity index is 556. The molecule has 20 heavy (non-hydrogen) atoms. The summed E-state index contributed by atoms with van der Waals surface area (Å²) >= 11 is 0. The van der Waals surface area contributed by atoms with Crippen LogP contribution in [-0.4, -0.2) is 28.6 Å². The number of aromatic nitrogens is 3. The van der Waals surface area contributed by atoms with Crippen molar-refractivity contribution in [2.24, 2.45) is 0 Å². The van der Waals surface area contributed by atoms with Crippen LogP contribution in [0.3, 0.4) is 0 Å². The maximum absolute atomic E-state index is 13.3. The molecule has 0 radical (unpaired) electrons. The number of halogens is 1. The summed E-state index contributed by atoms with van der Waals surface area (Å²) in [6.07, 6.45) is 2.93. The fourth-order valence-electron chi connectivity index (χ4n) is 1.94. The molecule has 0 bridgehead atoms. The van der Waals surface area contributed by atoms with Gasteiger partial charge in [-0.15, -0.1) is 5.10 Å². The molecule has 6 heteroatoms. The van der Waals surface area contributed by atoms with Crippen LogP contribution in [0.15, 0.2) is 24.4 Å². The maximum atomic E-state index is 13.3. The minimum atomic E-state index is -0.286. The van der Waals surface area contributed by atoms with Crippen molar-refractivity contribution in [2.45, 2.75) is 26.4 Å². The average molecular weight is 278 g/mol. The number of nitrogens with one attached hydrogen (secondary N) is 1. The summed E-state index contributed by atoms with van der Waals surface area (Å²) < 4.78 is 20.2. The fraction of sp³-hybridized carbons (Fsp3) is 0.429. The molecule has 2 rings (SSSR count). The van der Waals surface area contributed by atoms with Gasteiger partial charge < -0.3 is 10.1 Å². The van der Waals surface area contributed by atoms with E-state index in [4.69, 9.17) is 4.74 Å². The van der Waals surface area contributed by atoms with Crippen LogP contribution >= 0.6 is 0 Å². The topological polar surface area (TPSA) is 52.0 Å². The SMILES string of the molecule is CCCNCc1cn(Cc2cc(F)ccc2OC)nn1. The molecule has 1 aromatic heterocycles. The molecule has 1 N–H and O–H groups in total. The largest absolute Gasteiger partial charge is 0.496 e. The molecular weight excluding hydrogens is 259 g/mol. The first-order chi connectivity index (χ1) is 9.72. The van der Waals surface area contributed by atoms with Crippen LogP contribution in [0.1, 0.15) is 24.6 Å². The van der Waals surface area contributed by atoms with E-state index in [9.17, 15) is 4.39 Å². The number of methoxy groups -OCH3 is 1. The van der Waals surface area contributed by atoms with E-state index in [-0.39, 0.29) is 5.82 Å². The summed E-state index contributed by atoms with van der Waals surface area (Å²) in [4.78, 5) is 0. The number of rotatable bonds is 7. The van der Waals surface area contributed by atoms with Gasteiger partial charge in [0.15, 0.2) is 0 Å². The monoisotopic (exact) mass is 278 g/mol. The number of hydrogen-bond donors (Lipinski definition) is 1. The smallest absolute Gasteiger partial charge is 0.124 e. The molecule has 0 fully saturated rings. The van der Waals surface area contributed by atoms with E-state index in [1.54, 1.807) is 17.9 Å². The van der Waals surface area contributed by atoms with Gasteiger partial charge in [-0.05, 0) is 31.2 Å². The second-order valence-electron chi connectivity index (χ2n) is 4.54. The molecule has 0 saturated heterocycles. The first-order valence-corrected chi connectivity index (χ1v) is 6.65. The van der Waals surface area contributed by atoms with Crippen molar-refractivity contribution in [1.29, 1.82) is 0 Å².